The fourth-order valence-electron chi connectivity index (χ4n) is 3.77. The Kier molecular flexibility index (Phi) is 6.07. The normalized spacial score (nSPS) is 13.2. The molecule has 160 valence electrons. The van der Waals surface area contributed by atoms with Crippen molar-refractivity contribution in [3.05, 3.63) is 89.5 Å². The minimum absolute atomic E-state index is 0.132. The van der Waals surface area contributed by atoms with E-state index in [4.69, 9.17) is 0 Å². The Hall–Kier alpha value is -2.77. The lowest BCUT2D eigenvalue weighted by Crippen LogP contribution is -2.30. The van der Waals surface area contributed by atoms with E-state index < -0.39 is 10.0 Å². The summed E-state index contributed by atoms with van der Waals surface area (Å²) in [5.74, 6) is -0.215. The zero-order valence-corrected chi connectivity index (χ0v) is 19.1. The van der Waals surface area contributed by atoms with Crippen LogP contribution >= 0.6 is 11.8 Å². The molecular weight excluding hydrogens is 428 g/mol. The van der Waals surface area contributed by atoms with Crippen molar-refractivity contribution in [2.45, 2.75) is 22.8 Å². The Balaban J connectivity index is 1.55. The van der Waals surface area contributed by atoms with Crippen molar-refractivity contribution in [1.82, 2.24) is 4.90 Å². The molecule has 3 aromatic carbocycles. The highest BCUT2D eigenvalue weighted by Crippen LogP contribution is 2.32. The first-order valence-corrected chi connectivity index (χ1v) is 12.7. The van der Waals surface area contributed by atoms with Crippen LogP contribution in [-0.2, 0) is 23.0 Å². The third-order valence-corrected chi connectivity index (χ3v) is 7.99. The number of carbonyl (C=O) groups excluding carboxylic acids is 1. The Morgan fingerprint density at radius 1 is 1.03 bits per heavy atom. The lowest BCUT2D eigenvalue weighted by Gasteiger charge is -2.21. The van der Waals surface area contributed by atoms with Gasteiger partial charge in [0.1, 0.15) is 0 Å². The number of carbonyl (C=O) groups is 1. The highest BCUT2D eigenvalue weighted by Gasteiger charge is 2.31. The number of rotatable bonds is 6. The number of anilines is 1. The first kappa shape index (κ1) is 21.5. The summed E-state index contributed by atoms with van der Waals surface area (Å²) < 4.78 is 28.0. The van der Waals surface area contributed by atoms with Gasteiger partial charge in [-0.25, -0.2) is 8.42 Å². The summed E-state index contributed by atoms with van der Waals surface area (Å²) in [6, 6.07) is 21.9. The van der Waals surface area contributed by atoms with E-state index in [2.05, 4.69) is 0 Å². The standard InChI is InChI=1S/C24H24N2O3S2/c1-25(17-18-10-12-21(30-2)13-11-18)24(27)20-7-5-8-22(16-20)31(28,29)26-15-14-19-6-3-4-9-23(19)26/h3-13,16H,14-15,17H2,1-2H3. The molecule has 4 rings (SSSR count). The molecule has 1 aliphatic heterocycles. The average molecular weight is 453 g/mol. The molecule has 0 fully saturated rings. The zero-order valence-electron chi connectivity index (χ0n) is 17.5. The molecule has 0 bridgehead atoms. The number of nitrogens with zero attached hydrogens (tertiary/aromatic N) is 2. The molecule has 1 heterocycles. The molecule has 7 heteroatoms. The molecule has 0 aromatic heterocycles. The molecule has 1 aliphatic rings. The predicted molar refractivity (Wildman–Crippen MR) is 125 cm³/mol. The topological polar surface area (TPSA) is 57.7 Å². The van der Waals surface area contributed by atoms with Crippen LogP contribution in [0.25, 0.3) is 0 Å². The van der Waals surface area contributed by atoms with Crippen LogP contribution in [-0.4, -0.2) is 39.1 Å². The molecule has 31 heavy (non-hydrogen) atoms. The molecule has 0 atom stereocenters. The van der Waals surface area contributed by atoms with Crippen molar-refractivity contribution in [2.24, 2.45) is 0 Å². The van der Waals surface area contributed by atoms with Gasteiger partial charge in [-0.05, 0) is 60.2 Å². The van der Waals surface area contributed by atoms with Crippen LogP contribution < -0.4 is 4.31 Å². The third-order valence-electron chi connectivity index (χ3n) is 5.44. The Bertz CT molecular complexity index is 1210. The van der Waals surface area contributed by atoms with Gasteiger partial charge in [-0.1, -0.05) is 36.4 Å². The van der Waals surface area contributed by atoms with E-state index in [-0.39, 0.29) is 10.8 Å². The van der Waals surface area contributed by atoms with Gasteiger partial charge in [0, 0.05) is 30.6 Å². The van der Waals surface area contributed by atoms with Gasteiger partial charge in [0.2, 0.25) is 0 Å². The first-order chi connectivity index (χ1) is 14.9. The molecule has 0 unspecified atom stereocenters. The quantitative estimate of drug-likeness (QED) is 0.519. The molecular formula is C24H24N2O3S2. The Labute approximate surface area is 187 Å². The summed E-state index contributed by atoms with van der Waals surface area (Å²) in [6.07, 6.45) is 2.71. The van der Waals surface area contributed by atoms with Crippen molar-refractivity contribution >= 4 is 33.4 Å². The van der Waals surface area contributed by atoms with Crippen LogP contribution in [0.3, 0.4) is 0 Å². The van der Waals surface area contributed by atoms with Crippen LogP contribution in [0.15, 0.2) is 82.6 Å². The van der Waals surface area contributed by atoms with Crippen LogP contribution in [0.2, 0.25) is 0 Å². The number of para-hydroxylation sites is 1. The second kappa shape index (κ2) is 8.77. The smallest absolute Gasteiger partial charge is 0.264 e. The van der Waals surface area contributed by atoms with Gasteiger partial charge in [-0.3, -0.25) is 9.10 Å². The number of hydrogen-bond donors (Lipinski definition) is 0. The fourth-order valence-corrected chi connectivity index (χ4v) is 5.73. The van der Waals surface area contributed by atoms with E-state index >= 15 is 0 Å². The fraction of sp³-hybridized carbons (Fsp3) is 0.208. The number of fused-ring (bicyclic) bond motifs is 1. The number of sulfonamides is 1. The number of thioether (sulfide) groups is 1. The summed E-state index contributed by atoms with van der Waals surface area (Å²) in [4.78, 5) is 15.9. The van der Waals surface area contributed by atoms with E-state index in [1.165, 1.54) is 15.3 Å². The third kappa shape index (κ3) is 4.34. The first-order valence-electron chi connectivity index (χ1n) is 9.99. The number of amides is 1. The van der Waals surface area contributed by atoms with Crippen molar-refractivity contribution < 1.29 is 13.2 Å². The summed E-state index contributed by atoms with van der Waals surface area (Å²) in [6.45, 7) is 0.857. The predicted octanol–water partition coefficient (Wildman–Crippen LogP) is 4.43. The second-order valence-corrected chi connectivity index (χ2v) is 10.2. The van der Waals surface area contributed by atoms with E-state index in [1.54, 1.807) is 41.9 Å². The molecule has 0 radical (unpaired) electrons. The lowest BCUT2D eigenvalue weighted by molar-refractivity contribution is 0.0785. The van der Waals surface area contributed by atoms with Crippen molar-refractivity contribution in [1.29, 1.82) is 0 Å². The van der Waals surface area contributed by atoms with E-state index in [0.29, 0.717) is 30.8 Å². The Morgan fingerprint density at radius 3 is 2.52 bits per heavy atom. The molecule has 5 nitrogen and oxygen atoms in total. The summed E-state index contributed by atoms with van der Waals surface area (Å²) in [5, 5.41) is 0. The van der Waals surface area contributed by atoms with E-state index in [1.807, 2.05) is 54.8 Å². The molecule has 1 amide bonds. The monoisotopic (exact) mass is 452 g/mol. The highest BCUT2D eigenvalue weighted by molar-refractivity contribution is 7.98. The Morgan fingerprint density at radius 2 is 1.77 bits per heavy atom. The summed E-state index contributed by atoms with van der Waals surface area (Å²) >= 11 is 1.67. The SMILES string of the molecule is CSc1ccc(CN(C)C(=O)c2cccc(S(=O)(=O)N3CCc4ccccc43)c2)cc1. The maximum atomic E-state index is 13.3. The van der Waals surface area contributed by atoms with Gasteiger partial charge in [0.15, 0.2) is 0 Å². The molecule has 0 saturated carbocycles. The summed E-state index contributed by atoms with van der Waals surface area (Å²) in [5.41, 5.74) is 3.11. The average Bonchev–Trinajstić information content (AvgIpc) is 3.24. The van der Waals surface area contributed by atoms with Gasteiger partial charge in [-0.2, -0.15) is 0 Å². The van der Waals surface area contributed by atoms with Crippen molar-refractivity contribution in [3.8, 4) is 0 Å². The number of hydrogen-bond acceptors (Lipinski definition) is 4. The summed E-state index contributed by atoms with van der Waals surface area (Å²) in [7, 11) is -2.02. The van der Waals surface area contributed by atoms with Gasteiger partial charge >= 0.3 is 0 Å². The van der Waals surface area contributed by atoms with Crippen LogP contribution in [0.5, 0.6) is 0 Å². The largest absolute Gasteiger partial charge is 0.337 e. The molecule has 0 saturated heterocycles. The zero-order chi connectivity index (χ0) is 22.0. The van der Waals surface area contributed by atoms with Crippen LogP contribution in [0.1, 0.15) is 21.5 Å². The van der Waals surface area contributed by atoms with Gasteiger partial charge < -0.3 is 4.90 Å². The number of benzene rings is 3. The van der Waals surface area contributed by atoms with Crippen LogP contribution in [0, 0.1) is 0 Å². The van der Waals surface area contributed by atoms with Crippen molar-refractivity contribution in [3.63, 3.8) is 0 Å². The second-order valence-electron chi connectivity index (χ2n) is 7.49. The molecule has 0 aliphatic carbocycles. The maximum absolute atomic E-state index is 13.3. The van der Waals surface area contributed by atoms with Gasteiger partial charge in [0.05, 0.1) is 10.6 Å². The highest BCUT2D eigenvalue weighted by atomic mass is 32.2. The maximum Gasteiger partial charge on any atom is 0.264 e. The minimum Gasteiger partial charge on any atom is -0.337 e. The molecule has 0 spiro atoms. The minimum atomic E-state index is -3.74. The van der Waals surface area contributed by atoms with Crippen LogP contribution in [0.4, 0.5) is 5.69 Å². The van der Waals surface area contributed by atoms with Gasteiger partial charge in [-0.15, -0.1) is 11.8 Å². The van der Waals surface area contributed by atoms with Crippen molar-refractivity contribution in [2.75, 3.05) is 24.2 Å². The molecule has 0 N–H and O–H groups in total. The van der Waals surface area contributed by atoms with E-state index in [0.717, 1.165) is 11.1 Å². The van der Waals surface area contributed by atoms with Gasteiger partial charge in [0.25, 0.3) is 15.9 Å². The lowest BCUT2D eigenvalue weighted by atomic mass is 10.1. The van der Waals surface area contributed by atoms with E-state index in [9.17, 15) is 13.2 Å². The molecule has 3 aromatic rings.